The third-order valence-electron chi connectivity index (χ3n) is 1.84. The van der Waals surface area contributed by atoms with Crippen molar-refractivity contribution >= 4 is 22.7 Å². The molecule has 2 aromatic rings. The van der Waals surface area contributed by atoms with E-state index in [4.69, 9.17) is 16.0 Å². The summed E-state index contributed by atoms with van der Waals surface area (Å²) >= 11 is 5.49. The highest BCUT2D eigenvalue weighted by atomic mass is 35.5. The molecule has 0 saturated heterocycles. The van der Waals surface area contributed by atoms with Gasteiger partial charge in [-0.25, -0.2) is 13.8 Å². The summed E-state index contributed by atoms with van der Waals surface area (Å²) in [7, 11) is 0. The molecule has 0 aliphatic carbocycles. The third kappa shape index (κ3) is 1.46. The van der Waals surface area contributed by atoms with Crippen molar-refractivity contribution in [2.45, 2.75) is 12.3 Å². The smallest absolute Gasteiger partial charge is 0.266 e. The van der Waals surface area contributed by atoms with Gasteiger partial charge in [0.15, 0.2) is 5.58 Å². The van der Waals surface area contributed by atoms with Crippen LogP contribution in [0.5, 0.6) is 0 Å². The van der Waals surface area contributed by atoms with Gasteiger partial charge in [0.2, 0.25) is 5.89 Å². The van der Waals surface area contributed by atoms with Crippen LogP contribution in [0.3, 0.4) is 0 Å². The number of aromatic nitrogens is 1. The molecular formula is C9H6ClF2NO. The number of hydrogen-bond donors (Lipinski definition) is 0. The fourth-order valence-electron chi connectivity index (χ4n) is 1.25. The minimum absolute atomic E-state index is 0.0807. The summed E-state index contributed by atoms with van der Waals surface area (Å²) in [4.78, 5) is 3.87. The normalized spacial score (nSPS) is 11.4. The van der Waals surface area contributed by atoms with Gasteiger partial charge in [0.25, 0.3) is 6.43 Å². The first-order chi connectivity index (χ1) is 6.72. The molecule has 0 bridgehead atoms. The molecule has 0 saturated carbocycles. The SMILES string of the molecule is FC(F)c1cccc2oc(CCl)nc12. The van der Waals surface area contributed by atoms with Crippen molar-refractivity contribution in [3.63, 3.8) is 0 Å². The van der Waals surface area contributed by atoms with Crippen molar-refractivity contribution < 1.29 is 13.2 Å². The fourth-order valence-corrected chi connectivity index (χ4v) is 1.36. The summed E-state index contributed by atoms with van der Waals surface area (Å²) < 4.78 is 30.1. The minimum atomic E-state index is -2.55. The molecule has 2 nitrogen and oxygen atoms in total. The van der Waals surface area contributed by atoms with E-state index in [2.05, 4.69) is 4.98 Å². The van der Waals surface area contributed by atoms with Gasteiger partial charge in [-0.15, -0.1) is 11.6 Å². The number of para-hydroxylation sites is 1. The Morgan fingerprint density at radius 3 is 2.86 bits per heavy atom. The van der Waals surface area contributed by atoms with Crippen LogP contribution in [-0.4, -0.2) is 4.98 Å². The molecule has 0 radical (unpaired) electrons. The van der Waals surface area contributed by atoms with Gasteiger partial charge in [0.05, 0.1) is 5.88 Å². The van der Waals surface area contributed by atoms with E-state index >= 15 is 0 Å². The Bertz CT molecular complexity index is 455. The first kappa shape index (κ1) is 9.40. The van der Waals surface area contributed by atoms with Crippen molar-refractivity contribution in [2.75, 3.05) is 0 Å². The number of hydrogen-bond acceptors (Lipinski definition) is 2. The summed E-state index contributed by atoms with van der Waals surface area (Å²) in [5.74, 6) is 0.340. The van der Waals surface area contributed by atoms with Crippen molar-refractivity contribution in [1.29, 1.82) is 0 Å². The molecule has 0 fully saturated rings. The number of oxazole rings is 1. The first-order valence-electron chi connectivity index (χ1n) is 3.95. The number of fused-ring (bicyclic) bond motifs is 1. The van der Waals surface area contributed by atoms with Crippen LogP contribution in [0.25, 0.3) is 11.1 Å². The lowest BCUT2D eigenvalue weighted by molar-refractivity contribution is 0.153. The molecule has 74 valence electrons. The summed E-state index contributed by atoms with van der Waals surface area (Å²) in [6.45, 7) is 0. The van der Waals surface area contributed by atoms with Gasteiger partial charge in [0.1, 0.15) is 5.52 Å². The first-order valence-corrected chi connectivity index (χ1v) is 4.48. The molecule has 2 rings (SSSR count). The lowest BCUT2D eigenvalue weighted by Gasteiger charge is -1.97. The second-order valence-corrected chi connectivity index (χ2v) is 3.00. The summed E-state index contributed by atoms with van der Waals surface area (Å²) in [5.41, 5.74) is 0.416. The van der Waals surface area contributed by atoms with E-state index in [1.54, 1.807) is 6.07 Å². The maximum atomic E-state index is 12.5. The van der Waals surface area contributed by atoms with E-state index in [0.717, 1.165) is 0 Å². The molecule has 0 N–H and O–H groups in total. The average Bonchev–Trinajstić information content (AvgIpc) is 2.59. The Morgan fingerprint density at radius 1 is 1.43 bits per heavy atom. The Hall–Kier alpha value is -1.16. The fraction of sp³-hybridized carbons (Fsp3) is 0.222. The number of rotatable bonds is 2. The zero-order valence-electron chi connectivity index (χ0n) is 7.01. The van der Waals surface area contributed by atoms with E-state index in [0.29, 0.717) is 5.58 Å². The van der Waals surface area contributed by atoms with Crippen LogP contribution >= 0.6 is 11.6 Å². The van der Waals surface area contributed by atoms with Gasteiger partial charge < -0.3 is 4.42 Å². The number of halogens is 3. The van der Waals surface area contributed by atoms with Crippen LogP contribution < -0.4 is 0 Å². The second kappa shape index (κ2) is 3.53. The van der Waals surface area contributed by atoms with Crippen molar-refractivity contribution in [1.82, 2.24) is 4.98 Å². The summed E-state index contributed by atoms with van der Waals surface area (Å²) in [6.07, 6.45) is -2.55. The highest BCUT2D eigenvalue weighted by molar-refractivity contribution is 6.16. The number of benzene rings is 1. The molecule has 0 atom stereocenters. The van der Waals surface area contributed by atoms with Gasteiger partial charge >= 0.3 is 0 Å². The van der Waals surface area contributed by atoms with Crippen LogP contribution in [0.15, 0.2) is 22.6 Å². The van der Waals surface area contributed by atoms with E-state index in [1.807, 2.05) is 0 Å². The van der Waals surface area contributed by atoms with Crippen LogP contribution in [0.2, 0.25) is 0 Å². The second-order valence-electron chi connectivity index (χ2n) is 2.74. The molecule has 1 aromatic heterocycles. The Labute approximate surface area is 83.5 Å². The zero-order chi connectivity index (χ0) is 10.1. The molecule has 14 heavy (non-hydrogen) atoms. The standard InChI is InChI=1S/C9H6ClF2NO/c10-4-7-13-8-5(9(11)12)2-1-3-6(8)14-7/h1-3,9H,4H2. The number of nitrogens with zero attached hydrogens (tertiary/aromatic N) is 1. The summed E-state index contributed by atoms with van der Waals surface area (Å²) in [6, 6.07) is 4.42. The zero-order valence-corrected chi connectivity index (χ0v) is 7.76. The topological polar surface area (TPSA) is 26.0 Å². The van der Waals surface area contributed by atoms with Crippen molar-refractivity contribution in [2.24, 2.45) is 0 Å². The molecule has 0 aliphatic rings. The lowest BCUT2D eigenvalue weighted by atomic mass is 10.2. The van der Waals surface area contributed by atoms with E-state index < -0.39 is 6.43 Å². The molecule has 0 unspecified atom stereocenters. The predicted molar refractivity (Wildman–Crippen MR) is 48.5 cm³/mol. The van der Waals surface area contributed by atoms with Crippen molar-refractivity contribution in [3.8, 4) is 0 Å². The average molecular weight is 218 g/mol. The lowest BCUT2D eigenvalue weighted by Crippen LogP contribution is -1.85. The molecule has 1 heterocycles. The van der Waals surface area contributed by atoms with Crippen molar-refractivity contribution in [3.05, 3.63) is 29.7 Å². The van der Waals surface area contributed by atoms with Gasteiger partial charge in [-0.05, 0) is 6.07 Å². The largest absolute Gasteiger partial charge is 0.439 e. The molecule has 0 spiro atoms. The Morgan fingerprint density at radius 2 is 2.21 bits per heavy atom. The third-order valence-corrected chi connectivity index (χ3v) is 2.07. The molecule has 5 heteroatoms. The van der Waals surface area contributed by atoms with Gasteiger partial charge in [0, 0.05) is 5.56 Å². The van der Waals surface area contributed by atoms with E-state index in [9.17, 15) is 8.78 Å². The number of alkyl halides is 3. The van der Waals surface area contributed by atoms with E-state index in [1.165, 1.54) is 12.1 Å². The van der Waals surface area contributed by atoms with Crippen LogP contribution in [0.4, 0.5) is 8.78 Å². The quantitative estimate of drug-likeness (QED) is 0.720. The molecule has 0 amide bonds. The van der Waals surface area contributed by atoms with Gasteiger partial charge in [-0.3, -0.25) is 0 Å². The van der Waals surface area contributed by atoms with Crippen LogP contribution in [0, 0.1) is 0 Å². The molecule has 1 aromatic carbocycles. The van der Waals surface area contributed by atoms with E-state index in [-0.39, 0.29) is 22.9 Å². The van der Waals surface area contributed by atoms with Crippen LogP contribution in [0.1, 0.15) is 17.9 Å². The highest BCUT2D eigenvalue weighted by Crippen LogP contribution is 2.27. The maximum Gasteiger partial charge on any atom is 0.266 e. The predicted octanol–water partition coefficient (Wildman–Crippen LogP) is 3.50. The Kier molecular flexibility index (Phi) is 2.37. The maximum absolute atomic E-state index is 12.5. The van der Waals surface area contributed by atoms with Gasteiger partial charge in [-0.2, -0.15) is 0 Å². The molecule has 0 aliphatic heterocycles. The summed E-state index contributed by atoms with van der Waals surface area (Å²) in [5, 5.41) is 0. The van der Waals surface area contributed by atoms with Crippen LogP contribution in [-0.2, 0) is 5.88 Å². The minimum Gasteiger partial charge on any atom is -0.439 e. The monoisotopic (exact) mass is 217 g/mol. The molecular weight excluding hydrogens is 212 g/mol. The highest BCUT2D eigenvalue weighted by Gasteiger charge is 2.15. The van der Waals surface area contributed by atoms with Gasteiger partial charge in [-0.1, -0.05) is 12.1 Å². The Balaban J connectivity index is 2.66.